The summed E-state index contributed by atoms with van der Waals surface area (Å²) < 4.78 is 5.37. The summed E-state index contributed by atoms with van der Waals surface area (Å²) in [5.41, 5.74) is 2.27. The fourth-order valence-electron chi connectivity index (χ4n) is 1.82. The molecule has 0 saturated heterocycles. The average Bonchev–Trinajstić information content (AvgIpc) is 2.92. The smallest absolute Gasteiger partial charge is 0.258 e. The van der Waals surface area contributed by atoms with Gasteiger partial charge in [-0.1, -0.05) is 30.3 Å². The molecule has 2 rings (SSSR count). The van der Waals surface area contributed by atoms with Gasteiger partial charge in [-0.2, -0.15) is 16.7 Å². The maximum absolute atomic E-state index is 5.37. The molecule has 0 aliphatic heterocycles. The summed E-state index contributed by atoms with van der Waals surface area (Å²) in [6.45, 7) is 3.06. The normalized spacial score (nSPS) is 10.8. The van der Waals surface area contributed by atoms with Crippen LogP contribution in [0.1, 0.15) is 18.3 Å². The SMILES string of the molecule is CCSCc1noc(-c2ccccc2CCNC)n1. The standard InChI is InChI=1S/C14H19N3OS/c1-3-19-10-13-16-14(18-17-13)12-7-5-4-6-11(12)8-9-15-2/h4-7,15H,3,8-10H2,1-2H3. The van der Waals surface area contributed by atoms with Crippen molar-refractivity contribution in [3.8, 4) is 11.5 Å². The van der Waals surface area contributed by atoms with Gasteiger partial charge in [0, 0.05) is 5.56 Å². The number of benzene rings is 1. The number of nitrogens with zero attached hydrogens (tertiary/aromatic N) is 2. The topological polar surface area (TPSA) is 51.0 Å². The second-order valence-electron chi connectivity index (χ2n) is 4.16. The van der Waals surface area contributed by atoms with Gasteiger partial charge in [0.05, 0.1) is 5.75 Å². The van der Waals surface area contributed by atoms with E-state index >= 15 is 0 Å². The summed E-state index contributed by atoms with van der Waals surface area (Å²) in [4.78, 5) is 4.47. The van der Waals surface area contributed by atoms with Gasteiger partial charge < -0.3 is 9.84 Å². The molecular formula is C14H19N3OS. The molecule has 0 fully saturated rings. The molecule has 4 nitrogen and oxygen atoms in total. The van der Waals surface area contributed by atoms with Crippen LogP contribution in [0, 0.1) is 0 Å². The third kappa shape index (κ3) is 3.81. The van der Waals surface area contributed by atoms with Crippen molar-refractivity contribution >= 4 is 11.8 Å². The molecule has 1 aromatic carbocycles. The Morgan fingerprint density at radius 2 is 2.16 bits per heavy atom. The van der Waals surface area contributed by atoms with Crippen LogP contribution in [0.2, 0.25) is 0 Å². The Morgan fingerprint density at radius 1 is 1.32 bits per heavy atom. The lowest BCUT2D eigenvalue weighted by Crippen LogP contribution is -2.10. The third-order valence-electron chi connectivity index (χ3n) is 2.80. The summed E-state index contributed by atoms with van der Waals surface area (Å²) in [5, 5.41) is 7.19. The Morgan fingerprint density at radius 3 is 2.95 bits per heavy atom. The Bertz CT molecular complexity index is 513. The average molecular weight is 277 g/mol. The monoisotopic (exact) mass is 277 g/mol. The molecule has 0 spiro atoms. The quantitative estimate of drug-likeness (QED) is 0.843. The molecule has 0 unspecified atom stereocenters. The first-order valence-corrected chi connectivity index (χ1v) is 7.63. The lowest BCUT2D eigenvalue weighted by molar-refractivity contribution is 0.424. The van der Waals surface area contributed by atoms with E-state index in [4.69, 9.17) is 4.52 Å². The Balaban J connectivity index is 2.18. The molecule has 1 heterocycles. The molecule has 0 atom stereocenters. The minimum atomic E-state index is 0.624. The van der Waals surface area contributed by atoms with Crippen molar-refractivity contribution in [3.05, 3.63) is 35.7 Å². The predicted octanol–water partition coefficient (Wildman–Crippen LogP) is 2.75. The molecule has 0 radical (unpaired) electrons. The van der Waals surface area contributed by atoms with Gasteiger partial charge in [0.25, 0.3) is 5.89 Å². The molecule has 0 aliphatic carbocycles. The molecule has 0 saturated carbocycles. The van der Waals surface area contributed by atoms with E-state index < -0.39 is 0 Å². The Kier molecular flexibility index (Phi) is 5.42. The van der Waals surface area contributed by atoms with Crippen LogP contribution >= 0.6 is 11.8 Å². The fourth-order valence-corrected chi connectivity index (χ4v) is 2.33. The van der Waals surface area contributed by atoms with Crippen LogP contribution < -0.4 is 5.32 Å². The molecule has 0 amide bonds. The highest BCUT2D eigenvalue weighted by molar-refractivity contribution is 7.98. The van der Waals surface area contributed by atoms with Crippen molar-refractivity contribution in [1.29, 1.82) is 0 Å². The van der Waals surface area contributed by atoms with Crippen molar-refractivity contribution in [2.75, 3.05) is 19.3 Å². The number of rotatable bonds is 7. The molecular weight excluding hydrogens is 258 g/mol. The van der Waals surface area contributed by atoms with Gasteiger partial charge >= 0.3 is 0 Å². The molecule has 0 aliphatic rings. The van der Waals surface area contributed by atoms with Crippen molar-refractivity contribution in [2.45, 2.75) is 19.1 Å². The van der Waals surface area contributed by atoms with Crippen molar-refractivity contribution in [3.63, 3.8) is 0 Å². The van der Waals surface area contributed by atoms with Gasteiger partial charge in [-0.25, -0.2) is 0 Å². The van der Waals surface area contributed by atoms with E-state index in [0.717, 1.165) is 35.9 Å². The zero-order chi connectivity index (χ0) is 13.5. The molecule has 19 heavy (non-hydrogen) atoms. The highest BCUT2D eigenvalue weighted by Gasteiger charge is 2.12. The molecule has 102 valence electrons. The number of thioether (sulfide) groups is 1. The minimum absolute atomic E-state index is 0.624. The fraction of sp³-hybridized carbons (Fsp3) is 0.429. The van der Waals surface area contributed by atoms with Crippen LogP contribution in [0.4, 0.5) is 0 Å². The maximum Gasteiger partial charge on any atom is 0.258 e. The van der Waals surface area contributed by atoms with Crippen LogP contribution in [0.25, 0.3) is 11.5 Å². The van der Waals surface area contributed by atoms with Gasteiger partial charge in [0.1, 0.15) is 0 Å². The summed E-state index contributed by atoms with van der Waals surface area (Å²) in [7, 11) is 1.95. The Labute approximate surface area is 118 Å². The number of hydrogen-bond acceptors (Lipinski definition) is 5. The lowest BCUT2D eigenvalue weighted by atomic mass is 10.0. The summed E-state index contributed by atoms with van der Waals surface area (Å²) in [5.74, 6) is 3.25. The number of likely N-dealkylation sites (N-methyl/N-ethyl adjacent to an activating group) is 1. The van der Waals surface area contributed by atoms with Gasteiger partial charge in [-0.3, -0.25) is 0 Å². The molecule has 1 N–H and O–H groups in total. The van der Waals surface area contributed by atoms with Gasteiger partial charge in [-0.15, -0.1) is 0 Å². The van der Waals surface area contributed by atoms with E-state index in [2.05, 4.69) is 28.4 Å². The van der Waals surface area contributed by atoms with E-state index in [1.807, 2.05) is 25.2 Å². The number of nitrogens with one attached hydrogen (secondary N) is 1. The highest BCUT2D eigenvalue weighted by atomic mass is 32.2. The number of hydrogen-bond donors (Lipinski definition) is 1. The van der Waals surface area contributed by atoms with E-state index in [-0.39, 0.29) is 0 Å². The van der Waals surface area contributed by atoms with E-state index in [1.54, 1.807) is 11.8 Å². The molecule has 0 bridgehead atoms. The van der Waals surface area contributed by atoms with E-state index in [1.165, 1.54) is 5.56 Å². The van der Waals surface area contributed by atoms with Crippen molar-refractivity contribution < 1.29 is 4.52 Å². The van der Waals surface area contributed by atoms with Crippen molar-refractivity contribution in [1.82, 2.24) is 15.5 Å². The van der Waals surface area contributed by atoms with Crippen LogP contribution in [-0.4, -0.2) is 29.5 Å². The van der Waals surface area contributed by atoms with Crippen molar-refractivity contribution in [2.24, 2.45) is 0 Å². The second-order valence-corrected chi connectivity index (χ2v) is 5.44. The third-order valence-corrected chi connectivity index (χ3v) is 3.67. The second kappa shape index (κ2) is 7.31. The minimum Gasteiger partial charge on any atom is -0.334 e. The van der Waals surface area contributed by atoms with Crippen LogP contribution in [-0.2, 0) is 12.2 Å². The van der Waals surface area contributed by atoms with E-state index in [0.29, 0.717) is 5.89 Å². The highest BCUT2D eigenvalue weighted by Crippen LogP contribution is 2.23. The zero-order valence-corrected chi connectivity index (χ0v) is 12.2. The number of aromatic nitrogens is 2. The largest absolute Gasteiger partial charge is 0.334 e. The van der Waals surface area contributed by atoms with Gasteiger partial charge in [0.2, 0.25) is 0 Å². The van der Waals surface area contributed by atoms with Crippen LogP contribution in [0.15, 0.2) is 28.8 Å². The predicted molar refractivity (Wildman–Crippen MR) is 79.2 cm³/mol. The zero-order valence-electron chi connectivity index (χ0n) is 11.3. The molecule has 2 aromatic rings. The summed E-state index contributed by atoms with van der Waals surface area (Å²) >= 11 is 1.79. The first kappa shape index (κ1) is 14.1. The summed E-state index contributed by atoms with van der Waals surface area (Å²) in [6, 6.07) is 8.19. The van der Waals surface area contributed by atoms with Gasteiger partial charge in [0.15, 0.2) is 5.82 Å². The maximum atomic E-state index is 5.37. The first-order valence-electron chi connectivity index (χ1n) is 6.48. The summed E-state index contributed by atoms with van der Waals surface area (Å²) in [6.07, 6.45) is 0.952. The van der Waals surface area contributed by atoms with E-state index in [9.17, 15) is 0 Å². The molecule has 1 aromatic heterocycles. The Hall–Kier alpha value is -1.33. The lowest BCUT2D eigenvalue weighted by Gasteiger charge is -2.05. The first-order chi connectivity index (χ1) is 9.35. The molecule has 5 heteroatoms. The van der Waals surface area contributed by atoms with Crippen LogP contribution in [0.5, 0.6) is 0 Å². The van der Waals surface area contributed by atoms with Crippen LogP contribution in [0.3, 0.4) is 0 Å². The van der Waals surface area contributed by atoms with Gasteiger partial charge in [-0.05, 0) is 37.4 Å².